The molecule has 1 heterocycles. The number of hydrogen-bond acceptors (Lipinski definition) is 5. The van der Waals surface area contributed by atoms with Crippen LogP contribution in [0.4, 0.5) is 0 Å². The van der Waals surface area contributed by atoms with Crippen LogP contribution in [0.3, 0.4) is 0 Å². The van der Waals surface area contributed by atoms with Crippen molar-refractivity contribution in [2.45, 2.75) is 12.8 Å². The van der Waals surface area contributed by atoms with E-state index in [1.807, 2.05) is 66.7 Å². The molecule has 6 nitrogen and oxygen atoms in total. The lowest BCUT2D eigenvalue weighted by Gasteiger charge is -2.13. The van der Waals surface area contributed by atoms with Gasteiger partial charge in [0, 0.05) is 17.5 Å². The van der Waals surface area contributed by atoms with Crippen molar-refractivity contribution >= 4 is 5.91 Å². The average Bonchev–Trinajstić information content (AvgIpc) is 2.77. The smallest absolute Gasteiger partial charge is 0.243 e. The standard InChI is InChI=1S/C22H19N3O3/c23-15-19-18(16-8-3-1-4-9-16)14-20(17-10-5-2-6-11-17)24-22(19)28-13-7-12-21(26)25-27/h1-6,8-11,14,27H,7,12-13H2,(H,25,26). The zero-order valence-corrected chi connectivity index (χ0v) is 15.1. The molecule has 2 aromatic carbocycles. The Hall–Kier alpha value is -3.69. The molecule has 2 N–H and O–H groups in total. The largest absolute Gasteiger partial charge is 0.477 e. The SMILES string of the molecule is N#Cc1c(-c2ccccc2)cc(-c2ccccc2)nc1OCCCC(=O)NO. The Morgan fingerprint density at radius 2 is 1.71 bits per heavy atom. The van der Waals surface area contributed by atoms with Crippen LogP contribution in [-0.2, 0) is 4.79 Å². The highest BCUT2D eigenvalue weighted by molar-refractivity contribution is 5.77. The molecule has 6 heteroatoms. The molecular weight excluding hydrogens is 354 g/mol. The molecule has 0 saturated heterocycles. The molecule has 0 fully saturated rings. The van der Waals surface area contributed by atoms with Crippen molar-refractivity contribution in [3.05, 3.63) is 72.3 Å². The second-order valence-electron chi connectivity index (χ2n) is 6.07. The van der Waals surface area contributed by atoms with Crippen LogP contribution in [0.25, 0.3) is 22.4 Å². The highest BCUT2D eigenvalue weighted by atomic mass is 16.5. The van der Waals surface area contributed by atoms with Gasteiger partial charge < -0.3 is 4.74 Å². The number of benzene rings is 2. The van der Waals surface area contributed by atoms with E-state index in [9.17, 15) is 10.1 Å². The van der Waals surface area contributed by atoms with E-state index in [0.29, 0.717) is 17.7 Å². The maximum absolute atomic E-state index is 11.1. The number of rotatable bonds is 7. The lowest BCUT2D eigenvalue weighted by atomic mass is 9.99. The Bertz CT molecular complexity index is 983. The maximum atomic E-state index is 11.1. The number of nitrogens with zero attached hydrogens (tertiary/aromatic N) is 2. The molecule has 0 atom stereocenters. The van der Waals surface area contributed by atoms with Gasteiger partial charge in [-0.1, -0.05) is 60.7 Å². The minimum atomic E-state index is -0.486. The molecular formula is C22H19N3O3. The van der Waals surface area contributed by atoms with Crippen LogP contribution in [0.15, 0.2) is 66.7 Å². The summed E-state index contributed by atoms with van der Waals surface area (Å²) in [6.07, 6.45) is 0.498. The number of carbonyl (C=O) groups is 1. The predicted molar refractivity (Wildman–Crippen MR) is 104 cm³/mol. The fourth-order valence-corrected chi connectivity index (χ4v) is 2.79. The fourth-order valence-electron chi connectivity index (χ4n) is 2.79. The molecule has 1 aromatic heterocycles. The van der Waals surface area contributed by atoms with E-state index in [0.717, 1.165) is 16.7 Å². The third-order valence-corrected chi connectivity index (χ3v) is 4.16. The number of nitrogens with one attached hydrogen (secondary N) is 1. The third-order valence-electron chi connectivity index (χ3n) is 4.16. The zero-order valence-electron chi connectivity index (χ0n) is 15.1. The molecule has 0 radical (unpaired) electrons. The van der Waals surface area contributed by atoms with Crippen LogP contribution in [0, 0.1) is 11.3 Å². The molecule has 0 bridgehead atoms. The number of hydroxylamine groups is 1. The highest BCUT2D eigenvalue weighted by Crippen LogP contribution is 2.33. The summed E-state index contributed by atoms with van der Waals surface area (Å²) in [5.41, 5.74) is 5.16. The number of hydrogen-bond donors (Lipinski definition) is 2. The highest BCUT2D eigenvalue weighted by Gasteiger charge is 2.16. The summed E-state index contributed by atoms with van der Waals surface area (Å²) in [6, 6.07) is 23.3. The van der Waals surface area contributed by atoms with E-state index in [1.54, 1.807) is 5.48 Å². The predicted octanol–water partition coefficient (Wildman–Crippen LogP) is 3.95. The van der Waals surface area contributed by atoms with E-state index in [1.165, 1.54) is 0 Å². The first-order valence-corrected chi connectivity index (χ1v) is 8.84. The van der Waals surface area contributed by atoms with Gasteiger partial charge in [-0.2, -0.15) is 5.26 Å². The zero-order chi connectivity index (χ0) is 19.8. The van der Waals surface area contributed by atoms with E-state index in [2.05, 4.69) is 11.1 Å². The summed E-state index contributed by atoms with van der Waals surface area (Å²) in [7, 11) is 0. The molecule has 140 valence electrons. The monoisotopic (exact) mass is 373 g/mol. The maximum Gasteiger partial charge on any atom is 0.243 e. The number of nitriles is 1. The van der Waals surface area contributed by atoms with Gasteiger partial charge in [-0.15, -0.1) is 0 Å². The van der Waals surface area contributed by atoms with Gasteiger partial charge in [-0.3, -0.25) is 10.0 Å². The second-order valence-corrected chi connectivity index (χ2v) is 6.07. The van der Waals surface area contributed by atoms with Gasteiger partial charge in [0.05, 0.1) is 12.3 Å². The fraction of sp³-hybridized carbons (Fsp3) is 0.136. The summed E-state index contributed by atoms with van der Waals surface area (Å²) in [5, 5.41) is 18.3. The van der Waals surface area contributed by atoms with Gasteiger partial charge >= 0.3 is 0 Å². The first kappa shape index (κ1) is 19.1. The van der Waals surface area contributed by atoms with E-state index < -0.39 is 5.91 Å². The van der Waals surface area contributed by atoms with Gasteiger partial charge in [0.2, 0.25) is 11.8 Å². The summed E-state index contributed by atoms with van der Waals surface area (Å²) in [6.45, 7) is 0.196. The lowest BCUT2D eigenvalue weighted by Crippen LogP contribution is -2.19. The van der Waals surface area contributed by atoms with Crippen LogP contribution in [0.5, 0.6) is 5.88 Å². The molecule has 3 rings (SSSR count). The molecule has 3 aromatic rings. The van der Waals surface area contributed by atoms with Crippen molar-refractivity contribution in [3.63, 3.8) is 0 Å². The van der Waals surface area contributed by atoms with Crippen molar-refractivity contribution in [2.24, 2.45) is 0 Å². The molecule has 28 heavy (non-hydrogen) atoms. The summed E-state index contributed by atoms with van der Waals surface area (Å²) in [5.74, 6) is -0.257. The van der Waals surface area contributed by atoms with E-state index >= 15 is 0 Å². The number of aromatic nitrogens is 1. The number of amides is 1. The first-order valence-electron chi connectivity index (χ1n) is 8.84. The van der Waals surface area contributed by atoms with E-state index in [4.69, 9.17) is 9.94 Å². The molecule has 0 spiro atoms. The molecule has 0 unspecified atom stereocenters. The Labute approximate surface area is 163 Å². The van der Waals surface area contributed by atoms with E-state index in [-0.39, 0.29) is 18.9 Å². The normalized spacial score (nSPS) is 10.1. The Morgan fingerprint density at radius 3 is 2.32 bits per heavy atom. The van der Waals surface area contributed by atoms with Crippen LogP contribution in [0.2, 0.25) is 0 Å². The summed E-state index contributed by atoms with van der Waals surface area (Å²) >= 11 is 0. The minimum absolute atomic E-state index is 0.113. The molecule has 1 amide bonds. The van der Waals surface area contributed by atoms with Gasteiger partial charge in [-0.05, 0) is 18.1 Å². The first-order chi connectivity index (χ1) is 13.7. The van der Waals surface area contributed by atoms with Gasteiger partial charge in [0.25, 0.3) is 0 Å². The number of ether oxygens (including phenoxy) is 1. The minimum Gasteiger partial charge on any atom is -0.477 e. The number of carbonyl (C=O) groups excluding carboxylic acids is 1. The van der Waals surface area contributed by atoms with Crippen molar-refractivity contribution in [1.29, 1.82) is 5.26 Å². The van der Waals surface area contributed by atoms with Crippen molar-refractivity contribution in [3.8, 4) is 34.3 Å². The third kappa shape index (κ3) is 4.53. The van der Waals surface area contributed by atoms with Gasteiger partial charge in [0.15, 0.2) is 0 Å². The molecule has 0 aliphatic rings. The second kappa shape index (κ2) is 9.31. The summed E-state index contributed by atoms with van der Waals surface area (Å²) < 4.78 is 5.75. The van der Waals surface area contributed by atoms with Crippen molar-refractivity contribution < 1.29 is 14.7 Å². The lowest BCUT2D eigenvalue weighted by molar-refractivity contribution is -0.129. The van der Waals surface area contributed by atoms with Crippen molar-refractivity contribution in [1.82, 2.24) is 10.5 Å². The topological polar surface area (TPSA) is 95.2 Å². The summed E-state index contributed by atoms with van der Waals surface area (Å²) in [4.78, 5) is 15.7. The van der Waals surface area contributed by atoms with Crippen molar-refractivity contribution in [2.75, 3.05) is 6.61 Å². The molecule has 0 aliphatic carbocycles. The Balaban J connectivity index is 1.99. The molecule has 0 saturated carbocycles. The Kier molecular flexibility index (Phi) is 6.34. The van der Waals surface area contributed by atoms with Gasteiger partial charge in [-0.25, -0.2) is 10.5 Å². The van der Waals surface area contributed by atoms with Crippen LogP contribution in [-0.4, -0.2) is 22.7 Å². The quantitative estimate of drug-likeness (QED) is 0.371. The number of pyridine rings is 1. The van der Waals surface area contributed by atoms with Crippen LogP contribution >= 0.6 is 0 Å². The van der Waals surface area contributed by atoms with Gasteiger partial charge in [0.1, 0.15) is 11.6 Å². The Morgan fingerprint density at radius 1 is 1.07 bits per heavy atom. The average molecular weight is 373 g/mol. The van der Waals surface area contributed by atoms with Crippen LogP contribution < -0.4 is 10.2 Å². The van der Waals surface area contributed by atoms with Crippen LogP contribution in [0.1, 0.15) is 18.4 Å². The molecule has 0 aliphatic heterocycles.